The van der Waals surface area contributed by atoms with Crippen LogP contribution >= 0.6 is 0 Å². The number of benzene rings is 1. The molecule has 102 valence electrons. The topological polar surface area (TPSA) is 21.3 Å². The van der Waals surface area contributed by atoms with Gasteiger partial charge in [-0.3, -0.25) is 0 Å². The third kappa shape index (κ3) is 4.69. The Bertz CT molecular complexity index is 374. The smallest absolute Gasteiger partial charge is 0.123 e. The third-order valence-electron chi connectivity index (χ3n) is 3.25. The highest BCUT2D eigenvalue weighted by atomic mass is 16.5. The monoisotopic (exact) mass is 249 g/mol. The summed E-state index contributed by atoms with van der Waals surface area (Å²) in [7, 11) is 0. The number of ether oxygens (including phenoxy) is 1. The Morgan fingerprint density at radius 3 is 2.56 bits per heavy atom. The predicted octanol–water partition coefficient (Wildman–Crippen LogP) is 3.77. The molecule has 0 aromatic heterocycles. The molecule has 1 aromatic rings. The molecule has 0 heterocycles. The fraction of sp³-hybridized carbons (Fsp3) is 0.625. The van der Waals surface area contributed by atoms with Crippen molar-refractivity contribution in [1.82, 2.24) is 5.32 Å². The highest BCUT2D eigenvalue weighted by Crippen LogP contribution is 2.24. The Morgan fingerprint density at radius 2 is 1.89 bits per heavy atom. The molecule has 0 amide bonds. The second-order valence-corrected chi connectivity index (χ2v) is 5.17. The van der Waals surface area contributed by atoms with Crippen molar-refractivity contribution in [2.75, 3.05) is 13.1 Å². The minimum atomic E-state index is 0.259. The van der Waals surface area contributed by atoms with Crippen molar-refractivity contribution in [2.24, 2.45) is 0 Å². The number of hydrogen-bond donors (Lipinski definition) is 1. The molecule has 0 spiro atoms. The second-order valence-electron chi connectivity index (χ2n) is 5.17. The minimum Gasteiger partial charge on any atom is -0.490 e. The van der Waals surface area contributed by atoms with Crippen molar-refractivity contribution in [2.45, 2.75) is 53.6 Å². The molecule has 0 saturated carbocycles. The lowest BCUT2D eigenvalue weighted by atomic mass is 10.1. The molecule has 18 heavy (non-hydrogen) atoms. The first kappa shape index (κ1) is 15.0. The van der Waals surface area contributed by atoms with Crippen LogP contribution in [0.25, 0.3) is 0 Å². The first-order valence-corrected chi connectivity index (χ1v) is 6.99. The van der Waals surface area contributed by atoms with Gasteiger partial charge in [-0.05, 0) is 76.4 Å². The van der Waals surface area contributed by atoms with Crippen LogP contribution in [0.1, 0.15) is 43.4 Å². The average molecular weight is 249 g/mol. The van der Waals surface area contributed by atoms with Gasteiger partial charge in [0.1, 0.15) is 5.75 Å². The van der Waals surface area contributed by atoms with E-state index in [0.717, 1.165) is 25.3 Å². The van der Waals surface area contributed by atoms with E-state index >= 15 is 0 Å². The minimum absolute atomic E-state index is 0.259. The fourth-order valence-electron chi connectivity index (χ4n) is 2.01. The summed E-state index contributed by atoms with van der Waals surface area (Å²) in [6, 6.07) is 4.34. The van der Waals surface area contributed by atoms with E-state index in [0.29, 0.717) is 0 Å². The maximum Gasteiger partial charge on any atom is 0.123 e. The summed E-state index contributed by atoms with van der Waals surface area (Å²) < 4.78 is 6.05. The van der Waals surface area contributed by atoms with E-state index in [1.165, 1.54) is 23.1 Å². The lowest BCUT2D eigenvalue weighted by Crippen LogP contribution is -2.23. The van der Waals surface area contributed by atoms with E-state index in [1.807, 2.05) is 0 Å². The van der Waals surface area contributed by atoms with Gasteiger partial charge in [0.2, 0.25) is 0 Å². The normalized spacial score (nSPS) is 12.5. The summed E-state index contributed by atoms with van der Waals surface area (Å²) in [5, 5.41) is 3.41. The van der Waals surface area contributed by atoms with Gasteiger partial charge in [0, 0.05) is 0 Å². The first-order valence-electron chi connectivity index (χ1n) is 6.99. The maximum absolute atomic E-state index is 6.05. The van der Waals surface area contributed by atoms with Crippen LogP contribution in [0, 0.1) is 20.8 Å². The number of rotatable bonds is 7. The number of nitrogens with one attached hydrogen (secondary N) is 1. The number of aryl methyl sites for hydroxylation is 2. The van der Waals surface area contributed by atoms with Gasteiger partial charge in [0.15, 0.2) is 0 Å². The van der Waals surface area contributed by atoms with Crippen LogP contribution in [0.3, 0.4) is 0 Å². The van der Waals surface area contributed by atoms with Crippen molar-refractivity contribution in [3.63, 3.8) is 0 Å². The van der Waals surface area contributed by atoms with E-state index in [1.54, 1.807) is 0 Å². The lowest BCUT2D eigenvalue weighted by Gasteiger charge is -2.18. The zero-order chi connectivity index (χ0) is 13.5. The van der Waals surface area contributed by atoms with Gasteiger partial charge in [-0.25, -0.2) is 0 Å². The molecule has 0 radical (unpaired) electrons. The highest BCUT2D eigenvalue weighted by molar-refractivity contribution is 5.42. The van der Waals surface area contributed by atoms with Gasteiger partial charge in [-0.15, -0.1) is 0 Å². The maximum atomic E-state index is 6.05. The molecule has 0 aliphatic heterocycles. The molecule has 0 bridgehead atoms. The molecule has 2 heteroatoms. The van der Waals surface area contributed by atoms with E-state index in [-0.39, 0.29) is 6.10 Å². The van der Waals surface area contributed by atoms with Crippen LogP contribution in [-0.2, 0) is 0 Å². The average Bonchev–Trinajstić information content (AvgIpc) is 2.31. The third-order valence-corrected chi connectivity index (χ3v) is 3.25. The first-order chi connectivity index (χ1) is 8.54. The quantitative estimate of drug-likeness (QED) is 0.743. The molecule has 1 N–H and O–H groups in total. The molecule has 0 fully saturated rings. The van der Waals surface area contributed by atoms with E-state index < -0.39 is 0 Å². The summed E-state index contributed by atoms with van der Waals surface area (Å²) in [4.78, 5) is 0. The summed E-state index contributed by atoms with van der Waals surface area (Å²) in [5.41, 5.74) is 3.83. The molecule has 1 aromatic carbocycles. The summed E-state index contributed by atoms with van der Waals surface area (Å²) in [6.45, 7) is 12.8. The molecule has 0 aliphatic carbocycles. The molecule has 1 unspecified atom stereocenters. The summed E-state index contributed by atoms with van der Waals surface area (Å²) in [6.07, 6.45) is 2.49. The Hall–Kier alpha value is -1.02. The van der Waals surface area contributed by atoms with Crippen LogP contribution in [0.15, 0.2) is 12.1 Å². The van der Waals surface area contributed by atoms with Crippen LogP contribution in [0.5, 0.6) is 5.75 Å². The molecule has 1 rings (SSSR count). The molecule has 2 nitrogen and oxygen atoms in total. The lowest BCUT2D eigenvalue weighted by molar-refractivity contribution is 0.208. The van der Waals surface area contributed by atoms with Gasteiger partial charge >= 0.3 is 0 Å². The largest absolute Gasteiger partial charge is 0.490 e. The molecule has 1 atom stereocenters. The standard InChI is InChI=1S/C16H27NO/c1-6-8-17-9-7-14(4)18-16-11-12(2)10-13(3)15(16)5/h10-11,14,17H,6-9H2,1-5H3. The zero-order valence-corrected chi connectivity index (χ0v) is 12.5. The molecule has 0 saturated heterocycles. The molecular formula is C16H27NO. The highest BCUT2D eigenvalue weighted by Gasteiger charge is 2.08. The van der Waals surface area contributed by atoms with Gasteiger partial charge in [0.05, 0.1) is 6.10 Å². The van der Waals surface area contributed by atoms with Crippen molar-refractivity contribution < 1.29 is 4.74 Å². The Kier molecular flexibility index (Phi) is 6.20. The van der Waals surface area contributed by atoms with E-state index in [4.69, 9.17) is 4.74 Å². The van der Waals surface area contributed by atoms with Crippen LogP contribution in [0.2, 0.25) is 0 Å². The van der Waals surface area contributed by atoms with Gasteiger partial charge < -0.3 is 10.1 Å². The molecular weight excluding hydrogens is 222 g/mol. The summed E-state index contributed by atoms with van der Waals surface area (Å²) in [5.74, 6) is 1.04. The van der Waals surface area contributed by atoms with Gasteiger partial charge in [-0.1, -0.05) is 13.0 Å². The fourth-order valence-corrected chi connectivity index (χ4v) is 2.01. The van der Waals surface area contributed by atoms with Crippen molar-refractivity contribution in [3.05, 3.63) is 28.8 Å². The van der Waals surface area contributed by atoms with Crippen LogP contribution in [-0.4, -0.2) is 19.2 Å². The van der Waals surface area contributed by atoms with Gasteiger partial charge in [0.25, 0.3) is 0 Å². The van der Waals surface area contributed by atoms with Gasteiger partial charge in [-0.2, -0.15) is 0 Å². The number of hydrogen-bond acceptors (Lipinski definition) is 2. The van der Waals surface area contributed by atoms with Crippen LogP contribution in [0.4, 0.5) is 0 Å². The van der Waals surface area contributed by atoms with E-state index in [2.05, 4.69) is 52.1 Å². The van der Waals surface area contributed by atoms with Crippen molar-refractivity contribution in [3.8, 4) is 5.75 Å². The zero-order valence-electron chi connectivity index (χ0n) is 12.5. The second kappa shape index (κ2) is 7.42. The predicted molar refractivity (Wildman–Crippen MR) is 78.5 cm³/mol. The van der Waals surface area contributed by atoms with Crippen LogP contribution < -0.4 is 10.1 Å². The van der Waals surface area contributed by atoms with Crippen molar-refractivity contribution >= 4 is 0 Å². The Balaban J connectivity index is 2.51. The molecule has 0 aliphatic rings. The van der Waals surface area contributed by atoms with Crippen molar-refractivity contribution in [1.29, 1.82) is 0 Å². The summed E-state index contributed by atoms with van der Waals surface area (Å²) >= 11 is 0. The SMILES string of the molecule is CCCNCCC(C)Oc1cc(C)cc(C)c1C. The van der Waals surface area contributed by atoms with E-state index in [9.17, 15) is 0 Å². The Morgan fingerprint density at radius 1 is 1.17 bits per heavy atom. The Labute approximate surface area is 112 Å².